The first-order valence-corrected chi connectivity index (χ1v) is 4.79. The van der Waals surface area contributed by atoms with Gasteiger partial charge in [-0.1, -0.05) is 13.8 Å². The van der Waals surface area contributed by atoms with Crippen LogP contribution >= 0.6 is 0 Å². The molecule has 0 unspecified atom stereocenters. The topological polar surface area (TPSA) is 0 Å². The van der Waals surface area contributed by atoms with Gasteiger partial charge in [-0.2, -0.15) is 0 Å². The van der Waals surface area contributed by atoms with Gasteiger partial charge in [-0.05, 0) is 0 Å². The molecule has 2 aromatic rings. The van der Waals surface area contributed by atoms with Gasteiger partial charge in [-0.3, -0.25) is 17.6 Å². The maximum absolute atomic E-state index is 12.1. The Morgan fingerprint density at radius 1 is 0.684 bits per heavy atom. The summed E-state index contributed by atoms with van der Waals surface area (Å²) in [5.74, 6) is -7.19. The third-order valence-corrected chi connectivity index (χ3v) is 2.18. The minimum atomic E-state index is -1.38. The Hall–Kier alpha value is -0.837. The molecule has 0 aliphatic rings. The van der Waals surface area contributed by atoms with E-state index in [4.69, 9.17) is 0 Å². The molecule has 0 heterocycles. The Balaban J connectivity index is 0.000000324. The number of hydrogen-bond donors (Lipinski definition) is 0. The maximum atomic E-state index is 12.1. The minimum Gasteiger partial charge on any atom is -0.294 e. The second-order valence-electron chi connectivity index (χ2n) is 3.61. The van der Waals surface area contributed by atoms with Crippen LogP contribution in [0.2, 0.25) is 0 Å². The van der Waals surface area contributed by atoms with Crippen molar-refractivity contribution in [3.05, 3.63) is 58.2 Å². The molecule has 0 N–H and O–H groups in total. The van der Waals surface area contributed by atoms with Crippen LogP contribution in [0.25, 0.3) is 0 Å². The number of halogens is 6. The van der Waals surface area contributed by atoms with E-state index in [-0.39, 0.29) is 37.3 Å². The predicted octanol–water partition coefficient (Wildman–Crippen LogP) is 4.26. The van der Waals surface area contributed by atoms with Crippen molar-refractivity contribution in [3.8, 4) is 0 Å². The molecule has 0 nitrogen and oxygen atoms in total. The Kier molecular flexibility index (Phi) is 6.77. The molecule has 0 saturated heterocycles. The van der Waals surface area contributed by atoms with Crippen LogP contribution in [-0.4, -0.2) is 0 Å². The predicted molar refractivity (Wildman–Crippen MR) is 53.3 cm³/mol. The second kappa shape index (κ2) is 7.08. The molecule has 2 rings (SSSR count). The van der Waals surface area contributed by atoms with E-state index in [1.807, 2.05) is 0 Å². The van der Waals surface area contributed by atoms with Gasteiger partial charge in [0.2, 0.25) is 0 Å². The van der Waals surface area contributed by atoms with Crippen LogP contribution in [0, 0.1) is 48.8 Å². The first-order chi connectivity index (χ1) is 8.25. The average molecular weight is 357 g/mol. The van der Waals surface area contributed by atoms with Crippen molar-refractivity contribution in [2.75, 3.05) is 0 Å². The molecule has 7 heteroatoms. The summed E-state index contributed by atoms with van der Waals surface area (Å²) < 4.78 is 72.2. The zero-order valence-corrected chi connectivity index (χ0v) is 12.4. The van der Waals surface area contributed by atoms with Crippen LogP contribution in [0.1, 0.15) is 11.1 Å². The van der Waals surface area contributed by atoms with Gasteiger partial charge in [0.25, 0.3) is 0 Å². The van der Waals surface area contributed by atoms with Crippen molar-refractivity contribution in [3.63, 3.8) is 0 Å². The van der Waals surface area contributed by atoms with E-state index in [0.29, 0.717) is 0 Å². The molecule has 0 spiro atoms. The SMILES string of the molecule is C[c-]1cc(F)c(F)c1F.C[c-]1cc(F)c(F)c1F.[Zr+2]. The Bertz CT molecular complexity index is 460. The quantitative estimate of drug-likeness (QED) is 0.488. The van der Waals surface area contributed by atoms with Gasteiger partial charge in [0.1, 0.15) is 0 Å². The molecular formula is C12H8F6Zr. The largest absolute Gasteiger partial charge is 2.00 e. The van der Waals surface area contributed by atoms with Gasteiger partial charge in [-0.15, -0.1) is 23.3 Å². The Morgan fingerprint density at radius 3 is 1.00 bits per heavy atom. The van der Waals surface area contributed by atoms with Gasteiger partial charge >= 0.3 is 26.2 Å². The molecule has 19 heavy (non-hydrogen) atoms. The summed E-state index contributed by atoms with van der Waals surface area (Å²) in [4.78, 5) is 0. The summed E-state index contributed by atoms with van der Waals surface area (Å²) in [5, 5.41) is 0. The molecule has 0 saturated carbocycles. The van der Waals surface area contributed by atoms with E-state index in [1.54, 1.807) is 0 Å². The molecule has 0 radical (unpaired) electrons. The monoisotopic (exact) mass is 356 g/mol. The van der Waals surface area contributed by atoms with Crippen LogP contribution in [0.4, 0.5) is 26.3 Å². The van der Waals surface area contributed by atoms with E-state index >= 15 is 0 Å². The van der Waals surface area contributed by atoms with Crippen molar-refractivity contribution in [2.45, 2.75) is 13.8 Å². The molecule has 0 aliphatic carbocycles. The molecule has 0 amide bonds. The van der Waals surface area contributed by atoms with Gasteiger partial charge < -0.3 is 0 Å². The summed E-state index contributed by atoms with van der Waals surface area (Å²) in [7, 11) is 0. The van der Waals surface area contributed by atoms with E-state index in [2.05, 4.69) is 0 Å². The van der Waals surface area contributed by atoms with Crippen molar-refractivity contribution in [2.24, 2.45) is 0 Å². The molecule has 2 aromatic carbocycles. The first kappa shape index (κ1) is 18.2. The minimum absolute atomic E-state index is 0. The fraction of sp³-hybridized carbons (Fsp3) is 0.167. The maximum Gasteiger partial charge on any atom is 2.00 e. The summed E-state index contributed by atoms with van der Waals surface area (Å²) in [6.07, 6.45) is 0. The molecule has 0 aromatic heterocycles. The zero-order valence-electron chi connectivity index (χ0n) is 9.92. The number of aryl methyl sites for hydroxylation is 2. The van der Waals surface area contributed by atoms with Crippen molar-refractivity contribution in [1.82, 2.24) is 0 Å². The fourth-order valence-electron chi connectivity index (χ4n) is 1.19. The molecule has 0 aliphatic heterocycles. The van der Waals surface area contributed by atoms with Crippen molar-refractivity contribution >= 4 is 0 Å². The average Bonchev–Trinajstić information content (AvgIpc) is 2.66. The summed E-state index contributed by atoms with van der Waals surface area (Å²) in [6.45, 7) is 2.61. The van der Waals surface area contributed by atoms with Crippen LogP contribution < -0.4 is 0 Å². The summed E-state index contributed by atoms with van der Waals surface area (Å²) in [6, 6.07) is 1.65. The van der Waals surface area contributed by atoms with E-state index in [1.165, 1.54) is 13.8 Å². The zero-order chi connectivity index (χ0) is 14.0. The summed E-state index contributed by atoms with van der Waals surface area (Å²) >= 11 is 0. The smallest absolute Gasteiger partial charge is 0.294 e. The van der Waals surface area contributed by atoms with Crippen LogP contribution in [-0.2, 0) is 26.2 Å². The molecular weight excluding hydrogens is 349 g/mol. The van der Waals surface area contributed by atoms with Gasteiger partial charge in [0, 0.05) is 34.9 Å². The van der Waals surface area contributed by atoms with Gasteiger partial charge in [0.15, 0.2) is 0 Å². The van der Waals surface area contributed by atoms with Gasteiger partial charge in [0.05, 0.1) is 0 Å². The van der Waals surface area contributed by atoms with Crippen LogP contribution in [0.3, 0.4) is 0 Å². The molecule has 0 fully saturated rings. The van der Waals surface area contributed by atoms with Gasteiger partial charge in [-0.25, -0.2) is 8.78 Å². The van der Waals surface area contributed by atoms with E-state index in [0.717, 1.165) is 12.1 Å². The second-order valence-corrected chi connectivity index (χ2v) is 3.61. The van der Waals surface area contributed by atoms with E-state index < -0.39 is 34.9 Å². The summed E-state index contributed by atoms with van der Waals surface area (Å²) in [5.41, 5.74) is 0.00926. The third-order valence-electron chi connectivity index (χ3n) is 2.18. The number of rotatable bonds is 0. The Morgan fingerprint density at radius 2 is 0.947 bits per heavy atom. The third kappa shape index (κ3) is 4.06. The van der Waals surface area contributed by atoms with Crippen LogP contribution in [0.5, 0.6) is 0 Å². The Labute approximate surface area is 124 Å². The van der Waals surface area contributed by atoms with Crippen molar-refractivity contribution in [1.29, 1.82) is 0 Å². The van der Waals surface area contributed by atoms with Crippen molar-refractivity contribution < 1.29 is 52.5 Å². The number of hydrogen-bond acceptors (Lipinski definition) is 0. The normalized spacial score (nSPS) is 9.68. The fourth-order valence-corrected chi connectivity index (χ4v) is 1.19. The molecule has 0 bridgehead atoms. The standard InChI is InChI=1S/2C6H4F3.Zr/c2*1-3-2-4(7)6(9)5(3)8;/h2*2H,1H3;/q2*-1;+2. The molecule has 0 atom stereocenters. The van der Waals surface area contributed by atoms with E-state index in [9.17, 15) is 26.3 Å². The van der Waals surface area contributed by atoms with Crippen LogP contribution in [0.15, 0.2) is 12.1 Å². The first-order valence-electron chi connectivity index (χ1n) is 4.79. The molecule has 102 valence electrons.